The molecule has 2 saturated heterocycles. The predicted molar refractivity (Wildman–Crippen MR) is 136 cm³/mol. The van der Waals surface area contributed by atoms with E-state index in [0.29, 0.717) is 56.7 Å². The van der Waals surface area contributed by atoms with E-state index in [9.17, 15) is 14.4 Å². The van der Waals surface area contributed by atoms with Crippen LogP contribution >= 0.6 is 0 Å². The zero-order chi connectivity index (χ0) is 25.2. The third kappa shape index (κ3) is 4.64. The van der Waals surface area contributed by atoms with Gasteiger partial charge in [-0.3, -0.25) is 24.6 Å². The van der Waals surface area contributed by atoms with E-state index in [1.54, 1.807) is 4.90 Å². The van der Waals surface area contributed by atoms with Crippen LogP contribution in [0.25, 0.3) is 0 Å². The first-order chi connectivity index (χ1) is 17.5. The van der Waals surface area contributed by atoms with Crippen molar-refractivity contribution < 1.29 is 19.1 Å². The Kier molecular flexibility index (Phi) is 7.09. The summed E-state index contributed by atoms with van der Waals surface area (Å²) in [6.45, 7) is 4.87. The van der Waals surface area contributed by atoms with E-state index < -0.39 is 0 Å². The number of ether oxygens (including phenoxy) is 1. The van der Waals surface area contributed by atoms with Gasteiger partial charge in [0.25, 0.3) is 0 Å². The molecule has 1 aliphatic carbocycles. The van der Waals surface area contributed by atoms with E-state index in [1.165, 1.54) is 11.8 Å². The fourth-order valence-corrected chi connectivity index (χ4v) is 6.26. The zero-order valence-electron chi connectivity index (χ0n) is 20.9. The van der Waals surface area contributed by atoms with Crippen molar-refractivity contribution in [1.82, 2.24) is 15.1 Å². The number of nitrogens with zero attached hydrogens (tertiary/aromatic N) is 3. The van der Waals surface area contributed by atoms with Gasteiger partial charge in [-0.05, 0) is 56.6 Å². The molecule has 36 heavy (non-hydrogen) atoms. The number of carbonyl (C=O) groups is 3. The Morgan fingerprint density at radius 1 is 1.08 bits per heavy atom. The summed E-state index contributed by atoms with van der Waals surface area (Å²) in [6, 6.07) is 6.26. The minimum Gasteiger partial charge on any atom is -0.489 e. The number of piperazine rings is 1. The lowest BCUT2D eigenvalue weighted by Gasteiger charge is -2.42. The van der Waals surface area contributed by atoms with Crippen LogP contribution < -0.4 is 15.0 Å². The summed E-state index contributed by atoms with van der Waals surface area (Å²) in [7, 11) is 0. The Morgan fingerprint density at radius 3 is 2.58 bits per heavy atom. The molecule has 4 aliphatic rings. The molecule has 3 amide bonds. The summed E-state index contributed by atoms with van der Waals surface area (Å²) < 4.78 is 6.17. The molecule has 1 aromatic rings. The number of piperidine rings is 1. The first-order valence-electron chi connectivity index (χ1n) is 13.1. The summed E-state index contributed by atoms with van der Waals surface area (Å²) in [5, 5.41) is 10.0. The van der Waals surface area contributed by atoms with Crippen LogP contribution in [0.2, 0.25) is 0 Å². The highest BCUT2D eigenvalue weighted by Gasteiger charge is 2.37. The molecular weight excluding hydrogens is 458 g/mol. The first-order valence-corrected chi connectivity index (χ1v) is 13.1. The molecule has 192 valence electrons. The van der Waals surface area contributed by atoms with Crippen LogP contribution in [0.4, 0.5) is 5.69 Å². The molecule has 3 aliphatic heterocycles. The third-order valence-corrected chi connectivity index (χ3v) is 8.16. The minimum atomic E-state index is -0.344. The molecule has 2 N–H and O–H groups in total. The molecule has 0 aromatic heterocycles. The molecule has 9 nitrogen and oxygen atoms in total. The number of nitrogens with one attached hydrogen (secondary N) is 2. The summed E-state index contributed by atoms with van der Waals surface area (Å²) in [5.74, 6) is 0.907. The number of amides is 3. The third-order valence-electron chi connectivity index (χ3n) is 8.16. The van der Waals surface area contributed by atoms with Gasteiger partial charge in [0.2, 0.25) is 17.7 Å². The van der Waals surface area contributed by atoms with Gasteiger partial charge in [0.1, 0.15) is 18.4 Å². The van der Waals surface area contributed by atoms with Crippen molar-refractivity contribution in [2.24, 2.45) is 0 Å². The second-order valence-electron chi connectivity index (χ2n) is 10.1. The maximum Gasteiger partial charge on any atom is 0.249 e. The molecule has 1 unspecified atom stereocenters. The van der Waals surface area contributed by atoms with Gasteiger partial charge in [-0.2, -0.15) is 0 Å². The van der Waals surface area contributed by atoms with Gasteiger partial charge in [0, 0.05) is 31.8 Å². The first kappa shape index (κ1) is 24.5. The number of hydrogen-bond donors (Lipinski definition) is 2. The van der Waals surface area contributed by atoms with Crippen molar-refractivity contribution in [1.29, 1.82) is 5.41 Å². The lowest BCUT2D eigenvalue weighted by Crippen LogP contribution is -2.54. The summed E-state index contributed by atoms with van der Waals surface area (Å²) in [4.78, 5) is 43.0. The predicted octanol–water partition coefficient (Wildman–Crippen LogP) is 2.41. The lowest BCUT2D eigenvalue weighted by atomic mass is 9.80. The highest BCUT2D eigenvalue weighted by Crippen LogP contribution is 2.45. The molecule has 0 spiro atoms. The molecule has 0 radical (unpaired) electrons. The van der Waals surface area contributed by atoms with E-state index in [-0.39, 0.29) is 23.8 Å². The summed E-state index contributed by atoms with van der Waals surface area (Å²) >= 11 is 0. The molecular formula is C27H35N5O4. The van der Waals surface area contributed by atoms with Gasteiger partial charge < -0.3 is 19.9 Å². The van der Waals surface area contributed by atoms with E-state index in [4.69, 9.17) is 10.1 Å². The van der Waals surface area contributed by atoms with Crippen molar-refractivity contribution in [3.63, 3.8) is 0 Å². The Morgan fingerprint density at radius 2 is 1.89 bits per heavy atom. The number of imide groups is 1. The number of hydrogen-bond acceptors (Lipinski definition) is 7. The highest BCUT2D eigenvalue weighted by molar-refractivity contribution is 6.02. The standard InChI is InChI=1S/C27H35N5O4/c1-2-19(16-28)31-13-12-30(17-25(31)34)20-8-6-18(7-9-20)21-4-3-5-22-26(21)36-15-14-32(22)23-10-11-24(33)29-27(23)35/h2-5,16,18,20,23,28H,6-15,17H2,1H3,(H,29,33,35)/b19-2+,28-16?. The zero-order valence-corrected chi connectivity index (χ0v) is 20.9. The Hall–Kier alpha value is -3.20. The molecule has 1 atom stereocenters. The fraction of sp³-hybridized carbons (Fsp3) is 0.556. The van der Waals surface area contributed by atoms with Gasteiger partial charge in [-0.1, -0.05) is 18.2 Å². The van der Waals surface area contributed by atoms with Gasteiger partial charge in [0.05, 0.1) is 24.5 Å². The summed E-state index contributed by atoms with van der Waals surface area (Å²) in [5.41, 5.74) is 2.82. The van der Waals surface area contributed by atoms with E-state index in [2.05, 4.69) is 21.2 Å². The number of para-hydroxylation sites is 1. The highest BCUT2D eigenvalue weighted by atomic mass is 16.5. The SMILES string of the molecule is C/C=C(\C=N)N1CCN(C2CCC(c3cccc4c3OCCN4C3CCC(=O)NC3=O)CC2)CC1=O. The van der Waals surface area contributed by atoms with Gasteiger partial charge in [-0.25, -0.2) is 0 Å². The normalized spacial score (nSPS) is 27.9. The molecule has 1 saturated carbocycles. The van der Waals surface area contributed by atoms with Crippen LogP contribution in [-0.4, -0.2) is 78.6 Å². The molecule has 5 rings (SSSR count). The van der Waals surface area contributed by atoms with Gasteiger partial charge >= 0.3 is 0 Å². The topological polar surface area (TPSA) is 106 Å². The number of allylic oxidation sites excluding steroid dienone is 2. The van der Waals surface area contributed by atoms with Crippen LogP contribution in [0, 0.1) is 5.41 Å². The van der Waals surface area contributed by atoms with Gasteiger partial charge in [0.15, 0.2) is 0 Å². The van der Waals surface area contributed by atoms with Crippen molar-refractivity contribution in [2.75, 3.05) is 37.7 Å². The van der Waals surface area contributed by atoms with E-state index in [0.717, 1.165) is 43.7 Å². The maximum absolute atomic E-state index is 12.7. The van der Waals surface area contributed by atoms with Crippen LogP contribution in [0.3, 0.4) is 0 Å². The lowest BCUT2D eigenvalue weighted by molar-refractivity contribution is -0.135. The second kappa shape index (κ2) is 10.4. The number of anilines is 1. The van der Waals surface area contributed by atoms with E-state index >= 15 is 0 Å². The smallest absolute Gasteiger partial charge is 0.249 e. The van der Waals surface area contributed by atoms with Crippen molar-refractivity contribution in [2.45, 2.75) is 63.5 Å². The maximum atomic E-state index is 12.7. The fourth-order valence-electron chi connectivity index (χ4n) is 6.26. The van der Waals surface area contributed by atoms with Crippen molar-refractivity contribution >= 4 is 29.6 Å². The number of carbonyl (C=O) groups excluding carboxylic acids is 3. The Labute approximate surface area is 211 Å². The largest absolute Gasteiger partial charge is 0.489 e. The van der Waals surface area contributed by atoms with E-state index in [1.807, 2.05) is 25.1 Å². The minimum absolute atomic E-state index is 0.0686. The molecule has 0 bridgehead atoms. The Balaban J connectivity index is 1.25. The average molecular weight is 494 g/mol. The Bertz CT molecular complexity index is 1080. The van der Waals surface area contributed by atoms with Crippen LogP contribution in [-0.2, 0) is 14.4 Å². The number of benzene rings is 1. The summed E-state index contributed by atoms with van der Waals surface area (Å²) in [6.07, 6.45) is 8.06. The van der Waals surface area contributed by atoms with Crippen LogP contribution in [0.15, 0.2) is 30.0 Å². The monoisotopic (exact) mass is 493 g/mol. The molecule has 3 fully saturated rings. The number of rotatable bonds is 5. The quantitative estimate of drug-likeness (QED) is 0.482. The molecule has 1 aromatic carbocycles. The second-order valence-corrected chi connectivity index (χ2v) is 10.1. The van der Waals surface area contributed by atoms with Crippen molar-refractivity contribution in [3.8, 4) is 5.75 Å². The van der Waals surface area contributed by atoms with Crippen LogP contribution in [0.5, 0.6) is 5.75 Å². The van der Waals surface area contributed by atoms with Crippen molar-refractivity contribution in [3.05, 3.63) is 35.5 Å². The van der Waals surface area contributed by atoms with Crippen LogP contribution in [0.1, 0.15) is 56.9 Å². The molecule has 9 heteroatoms. The number of fused-ring (bicyclic) bond motifs is 1. The average Bonchev–Trinajstić information content (AvgIpc) is 2.90. The molecule has 3 heterocycles. The van der Waals surface area contributed by atoms with Gasteiger partial charge in [-0.15, -0.1) is 0 Å².